The van der Waals surface area contributed by atoms with E-state index in [2.05, 4.69) is 13.8 Å². The number of esters is 1. The van der Waals surface area contributed by atoms with Gasteiger partial charge in [-0.05, 0) is 12.8 Å². The number of carbonyl (C=O) groups excluding carboxylic acids is 1. The Bertz CT molecular complexity index is 1050. The van der Waals surface area contributed by atoms with Crippen LogP contribution in [-0.2, 0) is 27.9 Å². The average Bonchev–Trinajstić information content (AvgIpc) is 3.30. The molecule has 0 aromatic carbocycles. The first-order valence-corrected chi connectivity index (χ1v) is 31.7. The van der Waals surface area contributed by atoms with Crippen LogP contribution in [0.3, 0.4) is 0 Å². The summed E-state index contributed by atoms with van der Waals surface area (Å²) in [5, 5.41) is 0. The third-order valence-electron chi connectivity index (χ3n) is 13.9. The van der Waals surface area contributed by atoms with Crippen molar-refractivity contribution < 1.29 is 37.3 Å². The molecule has 0 fully saturated rings. The number of phosphoric ester groups is 1. The van der Waals surface area contributed by atoms with Gasteiger partial charge in [-0.2, -0.15) is 0 Å². The van der Waals surface area contributed by atoms with Crippen LogP contribution in [0, 0.1) is 0 Å². The van der Waals surface area contributed by atoms with Gasteiger partial charge >= 0.3 is 5.97 Å². The van der Waals surface area contributed by atoms with Crippen LogP contribution in [0.5, 0.6) is 0 Å². The number of nitrogens with zero attached hydrogens (tertiary/aromatic N) is 1. The van der Waals surface area contributed by atoms with Crippen LogP contribution in [0.2, 0.25) is 0 Å². The van der Waals surface area contributed by atoms with Crippen molar-refractivity contribution in [2.45, 2.75) is 322 Å². The van der Waals surface area contributed by atoms with Crippen LogP contribution >= 0.6 is 7.82 Å². The average molecular weight is 987 g/mol. The number of carbonyl (C=O) groups is 1. The molecule has 0 amide bonds. The van der Waals surface area contributed by atoms with Crippen molar-refractivity contribution in [1.82, 2.24) is 0 Å². The highest BCUT2D eigenvalue weighted by atomic mass is 31.2. The Hall–Kier alpha value is -0.500. The first-order chi connectivity index (χ1) is 33.1. The maximum atomic E-state index is 12.8. The molecule has 0 rings (SSSR count). The van der Waals surface area contributed by atoms with Gasteiger partial charge in [-0.3, -0.25) is 9.36 Å². The summed E-state index contributed by atoms with van der Waals surface area (Å²) in [6.07, 6.45) is 61.5. The van der Waals surface area contributed by atoms with Crippen LogP contribution in [0.25, 0.3) is 0 Å². The van der Waals surface area contributed by atoms with E-state index in [9.17, 15) is 14.3 Å². The molecule has 0 aliphatic heterocycles. The third kappa shape index (κ3) is 56.4. The van der Waals surface area contributed by atoms with E-state index in [4.69, 9.17) is 18.5 Å². The van der Waals surface area contributed by atoms with E-state index in [1.807, 2.05) is 21.1 Å². The van der Waals surface area contributed by atoms with Gasteiger partial charge in [0.2, 0.25) is 0 Å². The summed E-state index contributed by atoms with van der Waals surface area (Å²) in [6, 6.07) is 0. The smallest absolute Gasteiger partial charge is 0.306 e. The molecular weight excluding hydrogens is 866 g/mol. The lowest BCUT2D eigenvalue weighted by Crippen LogP contribution is -2.37. The standard InChI is InChI=1S/C59H120NO7P/c1-6-8-10-12-14-16-18-20-22-24-26-28-30-32-34-36-38-40-42-44-46-48-50-52-59(61)67-58(57-66-68(62,63)65-55-53-60(3,4)5)56-64-54-51-49-47-45-43-41-39-37-35-33-31-29-27-25-23-21-19-17-15-13-11-9-7-2/h58H,6-57H2,1-5H3. The first kappa shape index (κ1) is 67.5. The summed E-state index contributed by atoms with van der Waals surface area (Å²) in [5.41, 5.74) is 0. The molecule has 0 aromatic heterocycles. The minimum Gasteiger partial charge on any atom is -0.756 e. The SMILES string of the molecule is CCCCCCCCCCCCCCCCCCCCCCCCCOCC(COP(=O)([O-])OCC[N+](C)(C)C)OC(=O)CCCCCCCCCCCCCCCCCCCCCCCCC. The van der Waals surface area contributed by atoms with Crippen LogP contribution in [0.4, 0.5) is 0 Å². The highest BCUT2D eigenvalue weighted by Crippen LogP contribution is 2.38. The third-order valence-corrected chi connectivity index (χ3v) is 14.9. The van der Waals surface area contributed by atoms with Crippen molar-refractivity contribution in [3.63, 3.8) is 0 Å². The van der Waals surface area contributed by atoms with E-state index in [0.29, 0.717) is 24.1 Å². The second-order valence-corrected chi connectivity index (χ2v) is 23.5. The van der Waals surface area contributed by atoms with E-state index < -0.39 is 13.9 Å². The Morgan fingerprint density at radius 2 is 0.676 bits per heavy atom. The topological polar surface area (TPSA) is 94.1 Å². The number of likely N-dealkylation sites (N-methyl/N-ethyl adjacent to an activating group) is 1. The second kappa shape index (κ2) is 52.8. The zero-order chi connectivity index (χ0) is 49.8. The van der Waals surface area contributed by atoms with Gasteiger partial charge in [-0.15, -0.1) is 0 Å². The van der Waals surface area contributed by atoms with Gasteiger partial charge < -0.3 is 27.9 Å². The summed E-state index contributed by atoms with van der Waals surface area (Å²) < 4.78 is 34.9. The van der Waals surface area contributed by atoms with Gasteiger partial charge in [-0.1, -0.05) is 296 Å². The fourth-order valence-corrected chi connectivity index (χ4v) is 9.99. The van der Waals surface area contributed by atoms with Gasteiger partial charge in [0.05, 0.1) is 34.4 Å². The monoisotopic (exact) mass is 986 g/mol. The van der Waals surface area contributed by atoms with Crippen LogP contribution < -0.4 is 4.89 Å². The van der Waals surface area contributed by atoms with Gasteiger partial charge in [0.15, 0.2) is 0 Å². The lowest BCUT2D eigenvalue weighted by molar-refractivity contribution is -0.870. The lowest BCUT2D eigenvalue weighted by Gasteiger charge is -2.28. The zero-order valence-corrected chi connectivity index (χ0v) is 47.5. The molecule has 8 nitrogen and oxygen atoms in total. The number of quaternary nitrogens is 1. The minimum absolute atomic E-state index is 0.0321. The first-order valence-electron chi connectivity index (χ1n) is 30.3. The maximum Gasteiger partial charge on any atom is 0.306 e. The molecule has 0 aromatic rings. The predicted molar refractivity (Wildman–Crippen MR) is 291 cm³/mol. The molecule has 0 N–H and O–H groups in total. The molecule has 68 heavy (non-hydrogen) atoms. The Balaban J connectivity index is 3.98. The summed E-state index contributed by atoms with van der Waals surface area (Å²) in [6.45, 7) is 5.52. The largest absolute Gasteiger partial charge is 0.756 e. The zero-order valence-electron chi connectivity index (χ0n) is 46.6. The highest BCUT2D eigenvalue weighted by Gasteiger charge is 2.20. The molecule has 0 aliphatic rings. The van der Waals surface area contributed by atoms with E-state index in [1.54, 1.807) is 0 Å². The molecule has 0 spiro atoms. The van der Waals surface area contributed by atoms with E-state index in [1.165, 1.54) is 263 Å². The number of rotatable bonds is 58. The molecule has 0 saturated carbocycles. The number of unbranched alkanes of at least 4 members (excludes halogenated alkanes) is 44. The molecule has 0 heterocycles. The number of phosphoric acid groups is 1. The van der Waals surface area contributed by atoms with Crippen molar-refractivity contribution in [1.29, 1.82) is 0 Å². The predicted octanol–water partition coefficient (Wildman–Crippen LogP) is 18.5. The van der Waals surface area contributed by atoms with E-state index >= 15 is 0 Å². The van der Waals surface area contributed by atoms with Crippen LogP contribution in [-0.4, -0.2) is 70.7 Å². The molecular formula is C59H120NO7P. The summed E-state index contributed by atoms with van der Waals surface area (Å²) >= 11 is 0. The van der Waals surface area contributed by atoms with Gasteiger partial charge in [0.25, 0.3) is 7.82 Å². The Kier molecular flexibility index (Phi) is 52.4. The molecule has 0 saturated heterocycles. The summed E-state index contributed by atoms with van der Waals surface area (Å²) in [7, 11) is 1.38. The van der Waals surface area contributed by atoms with E-state index in [0.717, 1.165) is 32.1 Å². The summed E-state index contributed by atoms with van der Waals surface area (Å²) in [5.74, 6) is -0.322. The Morgan fingerprint density at radius 1 is 0.397 bits per heavy atom. The molecule has 0 bridgehead atoms. The molecule has 9 heteroatoms. The maximum absolute atomic E-state index is 12.8. The Morgan fingerprint density at radius 3 is 0.971 bits per heavy atom. The van der Waals surface area contributed by atoms with Gasteiger partial charge in [0.1, 0.15) is 19.3 Å². The molecule has 0 radical (unpaired) electrons. The molecule has 2 atom stereocenters. The highest BCUT2D eigenvalue weighted by molar-refractivity contribution is 7.45. The van der Waals surface area contributed by atoms with Crippen LogP contribution in [0.15, 0.2) is 0 Å². The van der Waals surface area contributed by atoms with Crippen molar-refractivity contribution in [2.75, 3.05) is 54.1 Å². The van der Waals surface area contributed by atoms with Crippen molar-refractivity contribution in [3.05, 3.63) is 0 Å². The van der Waals surface area contributed by atoms with Crippen molar-refractivity contribution >= 4 is 13.8 Å². The quantitative estimate of drug-likeness (QED) is 0.0259. The molecule has 0 aliphatic carbocycles. The van der Waals surface area contributed by atoms with Crippen LogP contribution in [0.1, 0.15) is 316 Å². The number of hydrogen-bond donors (Lipinski definition) is 0. The van der Waals surface area contributed by atoms with Crippen molar-refractivity contribution in [3.8, 4) is 0 Å². The van der Waals surface area contributed by atoms with E-state index in [-0.39, 0.29) is 25.8 Å². The number of hydrogen-bond acceptors (Lipinski definition) is 7. The van der Waals surface area contributed by atoms with Gasteiger partial charge in [-0.25, -0.2) is 0 Å². The summed E-state index contributed by atoms with van der Waals surface area (Å²) in [4.78, 5) is 25.3. The van der Waals surface area contributed by atoms with Crippen molar-refractivity contribution in [2.24, 2.45) is 0 Å². The van der Waals surface area contributed by atoms with Gasteiger partial charge in [0, 0.05) is 13.0 Å². The normalized spacial score (nSPS) is 13.3. The molecule has 408 valence electrons. The lowest BCUT2D eigenvalue weighted by atomic mass is 10.0. The molecule has 2 unspecified atom stereocenters. The Labute approximate surface area is 425 Å². The minimum atomic E-state index is -4.53. The fourth-order valence-electron chi connectivity index (χ4n) is 9.26. The number of ether oxygens (including phenoxy) is 2. The second-order valence-electron chi connectivity index (χ2n) is 22.1. The fraction of sp³-hybridized carbons (Fsp3) is 0.983.